The molecule has 6 heteroatoms. The minimum atomic E-state index is -0.701. The van der Waals surface area contributed by atoms with E-state index in [9.17, 15) is 13.6 Å². The van der Waals surface area contributed by atoms with Crippen molar-refractivity contribution in [3.63, 3.8) is 0 Å². The number of benzene rings is 1. The molecule has 1 aliphatic rings. The molecule has 110 valence electrons. The van der Waals surface area contributed by atoms with Crippen LogP contribution in [0.2, 0.25) is 0 Å². The monoisotopic (exact) mass is 303 g/mol. The van der Waals surface area contributed by atoms with Crippen molar-refractivity contribution in [3.8, 4) is 0 Å². The van der Waals surface area contributed by atoms with Crippen molar-refractivity contribution < 1.29 is 18.3 Å². The van der Waals surface area contributed by atoms with Crippen LogP contribution in [0.25, 0.3) is 0 Å². The van der Waals surface area contributed by atoms with Gasteiger partial charge in [0, 0.05) is 12.6 Å². The first kappa shape index (κ1) is 15.2. The van der Waals surface area contributed by atoms with Gasteiger partial charge in [-0.2, -0.15) is 0 Å². The van der Waals surface area contributed by atoms with Crippen molar-refractivity contribution in [2.24, 2.45) is 0 Å². The second-order valence-corrected chi connectivity index (χ2v) is 5.23. The molecule has 1 aliphatic heterocycles. The molecule has 3 nitrogen and oxygen atoms in total. The van der Waals surface area contributed by atoms with Crippen LogP contribution in [0.5, 0.6) is 0 Å². The van der Waals surface area contributed by atoms with Crippen LogP contribution in [0.15, 0.2) is 18.2 Å². The Kier molecular flexibility index (Phi) is 4.94. The molecule has 2 rings (SSSR count). The smallest absolute Gasteiger partial charge is 0.227 e. The van der Waals surface area contributed by atoms with Crippen LogP contribution in [0.1, 0.15) is 12.5 Å². The van der Waals surface area contributed by atoms with Gasteiger partial charge in [0.15, 0.2) is 0 Å². The lowest BCUT2D eigenvalue weighted by Gasteiger charge is -2.37. The van der Waals surface area contributed by atoms with Crippen LogP contribution >= 0.6 is 11.6 Å². The van der Waals surface area contributed by atoms with E-state index in [0.29, 0.717) is 19.0 Å². The molecule has 20 heavy (non-hydrogen) atoms. The molecule has 0 aromatic heterocycles. The Bertz CT molecular complexity index is 498. The van der Waals surface area contributed by atoms with E-state index in [2.05, 4.69) is 0 Å². The van der Waals surface area contributed by atoms with E-state index in [1.807, 2.05) is 6.92 Å². The third-order valence-corrected chi connectivity index (χ3v) is 3.70. The lowest BCUT2D eigenvalue weighted by Crippen LogP contribution is -2.52. The zero-order valence-electron chi connectivity index (χ0n) is 11.1. The molecule has 0 spiro atoms. The summed E-state index contributed by atoms with van der Waals surface area (Å²) in [7, 11) is 0. The normalized spacial score (nSPS) is 22.9. The Hall–Kier alpha value is -1.20. The zero-order valence-corrected chi connectivity index (χ0v) is 11.9. The first-order chi connectivity index (χ1) is 9.51. The first-order valence-electron chi connectivity index (χ1n) is 6.42. The molecule has 1 aromatic carbocycles. The lowest BCUT2D eigenvalue weighted by atomic mass is 10.1. The third-order valence-electron chi connectivity index (χ3n) is 3.35. The van der Waals surface area contributed by atoms with Gasteiger partial charge >= 0.3 is 0 Å². The molecule has 1 fully saturated rings. The van der Waals surface area contributed by atoms with E-state index in [1.54, 1.807) is 4.90 Å². The number of carbonyl (C=O) groups excluding carboxylic acids is 1. The number of nitrogens with zero attached hydrogens (tertiary/aromatic N) is 1. The number of rotatable bonds is 3. The maximum Gasteiger partial charge on any atom is 0.227 e. The van der Waals surface area contributed by atoms with Crippen molar-refractivity contribution in [2.75, 3.05) is 19.0 Å². The van der Waals surface area contributed by atoms with Crippen LogP contribution in [0.3, 0.4) is 0 Å². The zero-order chi connectivity index (χ0) is 14.7. The quantitative estimate of drug-likeness (QED) is 0.802. The van der Waals surface area contributed by atoms with Gasteiger partial charge in [0.2, 0.25) is 5.91 Å². The number of amides is 1. The number of ether oxygens (including phenoxy) is 1. The standard InChI is InChI=1S/C14H16ClF2NO2/c1-9-8-20-12(6-15)7-18(9)14(19)4-10-2-3-11(16)5-13(10)17/h2-3,5,9,12H,4,6-8H2,1H3. The summed E-state index contributed by atoms with van der Waals surface area (Å²) in [5.74, 6) is -1.25. The van der Waals surface area contributed by atoms with E-state index < -0.39 is 11.6 Å². The maximum absolute atomic E-state index is 13.6. The number of hydrogen-bond acceptors (Lipinski definition) is 2. The molecule has 1 heterocycles. The van der Waals surface area contributed by atoms with Gasteiger partial charge in [-0.05, 0) is 18.6 Å². The second kappa shape index (κ2) is 6.50. The van der Waals surface area contributed by atoms with E-state index in [1.165, 1.54) is 6.07 Å². The second-order valence-electron chi connectivity index (χ2n) is 4.92. The van der Waals surface area contributed by atoms with Crippen LogP contribution in [0, 0.1) is 11.6 Å². The predicted molar refractivity (Wildman–Crippen MR) is 71.7 cm³/mol. The van der Waals surface area contributed by atoms with Crippen molar-refractivity contribution in [1.29, 1.82) is 0 Å². The number of halogens is 3. The molecule has 0 radical (unpaired) electrons. The van der Waals surface area contributed by atoms with E-state index in [0.717, 1.165) is 12.1 Å². The Morgan fingerprint density at radius 3 is 2.90 bits per heavy atom. The molecule has 0 aliphatic carbocycles. The van der Waals surface area contributed by atoms with Gasteiger partial charge in [-0.15, -0.1) is 11.6 Å². The van der Waals surface area contributed by atoms with Crippen LogP contribution in [-0.4, -0.2) is 42.0 Å². The fourth-order valence-electron chi connectivity index (χ4n) is 2.19. The fraction of sp³-hybridized carbons (Fsp3) is 0.500. The van der Waals surface area contributed by atoms with Gasteiger partial charge in [0.25, 0.3) is 0 Å². The van der Waals surface area contributed by atoms with Crippen LogP contribution in [0.4, 0.5) is 8.78 Å². The molecule has 0 N–H and O–H groups in total. The molecular weight excluding hydrogens is 288 g/mol. The Morgan fingerprint density at radius 1 is 1.50 bits per heavy atom. The summed E-state index contributed by atoms with van der Waals surface area (Å²) in [6.07, 6.45) is -0.291. The average Bonchev–Trinajstić information content (AvgIpc) is 2.42. The summed E-state index contributed by atoms with van der Waals surface area (Å²) in [6.45, 7) is 2.67. The topological polar surface area (TPSA) is 29.5 Å². The van der Waals surface area contributed by atoms with Crippen molar-refractivity contribution >= 4 is 17.5 Å². The van der Waals surface area contributed by atoms with Gasteiger partial charge < -0.3 is 9.64 Å². The molecule has 1 amide bonds. The van der Waals surface area contributed by atoms with Crippen LogP contribution in [-0.2, 0) is 16.0 Å². The molecule has 1 aromatic rings. The average molecular weight is 304 g/mol. The van der Waals surface area contributed by atoms with E-state index >= 15 is 0 Å². The van der Waals surface area contributed by atoms with Crippen LogP contribution < -0.4 is 0 Å². The first-order valence-corrected chi connectivity index (χ1v) is 6.95. The lowest BCUT2D eigenvalue weighted by molar-refractivity contribution is -0.142. The van der Waals surface area contributed by atoms with Crippen molar-refractivity contribution in [2.45, 2.75) is 25.5 Å². The Morgan fingerprint density at radius 2 is 2.25 bits per heavy atom. The highest BCUT2D eigenvalue weighted by Gasteiger charge is 2.29. The molecule has 0 saturated carbocycles. The highest BCUT2D eigenvalue weighted by molar-refractivity contribution is 6.18. The summed E-state index contributed by atoms with van der Waals surface area (Å²) in [4.78, 5) is 13.9. The molecular formula is C14H16ClF2NO2. The van der Waals surface area contributed by atoms with Gasteiger partial charge in [-0.3, -0.25) is 4.79 Å². The highest BCUT2D eigenvalue weighted by Crippen LogP contribution is 2.16. The Labute approximate surface area is 121 Å². The summed E-state index contributed by atoms with van der Waals surface area (Å²) in [6, 6.07) is 3.15. The highest BCUT2D eigenvalue weighted by atomic mass is 35.5. The number of carbonyl (C=O) groups is 1. The summed E-state index contributed by atoms with van der Waals surface area (Å²) in [5.41, 5.74) is 0.192. The largest absolute Gasteiger partial charge is 0.373 e. The SMILES string of the molecule is CC1COC(CCl)CN1C(=O)Cc1ccc(F)cc1F. The van der Waals surface area contributed by atoms with Crippen molar-refractivity contribution in [3.05, 3.63) is 35.4 Å². The molecule has 1 saturated heterocycles. The molecule has 0 bridgehead atoms. The summed E-state index contributed by atoms with van der Waals surface area (Å²) < 4.78 is 31.9. The van der Waals surface area contributed by atoms with E-state index in [-0.39, 0.29) is 30.0 Å². The molecule has 2 unspecified atom stereocenters. The predicted octanol–water partition coefficient (Wildman–Crippen LogP) is 2.36. The van der Waals surface area contributed by atoms with E-state index in [4.69, 9.17) is 16.3 Å². The minimum Gasteiger partial charge on any atom is -0.373 e. The maximum atomic E-state index is 13.6. The van der Waals surface area contributed by atoms with Gasteiger partial charge in [0.1, 0.15) is 11.6 Å². The number of alkyl halides is 1. The van der Waals surface area contributed by atoms with Crippen molar-refractivity contribution in [1.82, 2.24) is 4.90 Å². The third kappa shape index (κ3) is 3.46. The summed E-state index contributed by atoms with van der Waals surface area (Å²) >= 11 is 5.74. The molecule has 2 atom stereocenters. The van der Waals surface area contributed by atoms with Gasteiger partial charge in [0.05, 0.1) is 31.1 Å². The van der Waals surface area contributed by atoms with Gasteiger partial charge in [-0.1, -0.05) is 6.07 Å². The fourth-order valence-corrected chi connectivity index (χ4v) is 2.37. The minimum absolute atomic E-state index is 0.0783. The number of morpholine rings is 1. The van der Waals surface area contributed by atoms with Gasteiger partial charge in [-0.25, -0.2) is 8.78 Å². The summed E-state index contributed by atoms with van der Waals surface area (Å²) in [5, 5.41) is 0. The number of hydrogen-bond donors (Lipinski definition) is 0. The Balaban J connectivity index is 2.06.